The molecule has 7 heteroatoms. The van der Waals surface area contributed by atoms with Crippen LogP contribution in [-0.2, 0) is 34.3 Å². The lowest BCUT2D eigenvalue weighted by Crippen LogP contribution is -2.30. The number of rotatable bonds is 10. The molecule has 0 saturated carbocycles. The normalized spacial score (nSPS) is 13.1. The molecule has 0 amide bonds. The maximum absolute atomic E-state index is 12.3. The van der Waals surface area contributed by atoms with Gasteiger partial charge in [-0.05, 0) is 5.56 Å². The Morgan fingerprint density at radius 1 is 1.14 bits per heavy atom. The van der Waals surface area contributed by atoms with Gasteiger partial charge in [-0.25, -0.2) is 0 Å². The Bertz CT molecular complexity index is 468. The van der Waals surface area contributed by atoms with Crippen molar-refractivity contribution in [1.82, 2.24) is 0 Å². The van der Waals surface area contributed by atoms with Crippen molar-refractivity contribution in [2.24, 2.45) is 0 Å². The number of carbonyl (C=O) groups excluding carboxylic acids is 1. The van der Waals surface area contributed by atoms with E-state index < -0.39 is 13.7 Å². The highest BCUT2D eigenvalue weighted by atomic mass is 31.2. The van der Waals surface area contributed by atoms with E-state index in [2.05, 4.69) is 0 Å². The zero-order chi connectivity index (χ0) is 15.7. The van der Waals surface area contributed by atoms with Crippen LogP contribution in [-0.4, -0.2) is 46.2 Å². The molecule has 0 fully saturated rings. The van der Waals surface area contributed by atoms with E-state index in [0.717, 1.165) is 5.56 Å². The molecule has 0 radical (unpaired) electrons. The van der Waals surface area contributed by atoms with Gasteiger partial charge in [0, 0.05) is 27.8 Å². The van der Waals surface area contributed by atoms with Gasteiger partial charge in [0.05, 0.1) is 0 Å². The SMILES string of the molecule is COCO[C@@H](Cc1ccccc1)C(=O)CP(=O)(OC)OC. The molecule has 21 heavy (non-hydrogen) atoms. The van der Waals surface area contributed by atoms with Gasteiger partial charge in [-0.1, -0.05) is 30.3 Å². The van der Waals surface area contributed by atoms with E-state index >= 15 is 0 Å². The largest absolute Gasteiger partial charge is 0.359 e. The average Bonchev–Trinajstić information content (AvgIpc) is 2.52. The van der Waals surface area contributed by atoms with E-state index in [9.17, 15) is 9.36 Å². The fourth-order valence-electron chi connectivity index (χ4n) is 1.74. The second-order valence-electron chi connectivity index (χ2n) is 4.35. The molecule has 1 rings (SSSR count). The van der Waals surface area contributed by atoms with Crippen molar-refractivity contribution in [2.75, 3.05) is 34.3 Å². The molecule has 0 saturated heterocycles. The van der Waals surface area contributed by atoms with Gasteiger partial charge < -0.3 is 18.5 Å². The maximum Gasteiger partial charge on any atom is 0.337 e. The van der Waals surface area contributed by atoms with Gasteiger partial charge in [-0.2, -0.15) is 0 Å². The summed E-state index contributed by atoms with van der Waals surface area (Å²) in [5.74, 6) is -0.345. The first-order valence-electron chi connectivity index (χ1n) is 6.42. The molecule has 0 aliphatic carbocycles. The first-order chi connectivity index (χ1) is 10.0. The molecule has 6 nitrogen and oxygen atoms in total. The lowest BCUT2D eigenvalue weighted by molar-refractivity contribution is -0.137. The van der Waals surface area contributed by atoms with Crippen molar-refractivity contribution in [3.63, 3.8) is 0 Å². The van der Waals surface area contributed by atoms with Crippen LogP contribution in [0.25, 0.3) is 0 Å². The molecule has 0 bridgehead atoms. The van der Waals surface area contributed by atoms with Crippen molar-refractivity contribution < 1.29 is 27.9 Å². The van der Waals surface area contributed by atoms with E-state index in [1.807, 2.05) is 30.3 Å². The third kappa shape index (κ3) is 6.08. The summed E-state index contributed by atoms with van der Waals surface area (Å²) in [6.45, 7) is -0.0203. The van der Waals surface area contributed by atoms with Crippen molar-refractivity contribution in [3.05, 3.63) is 35.9 Å². The van der Waals surface area contributed by atoms with Crippen molar-refractivity contribution in [3.8, 4) is 0 Å². The van der Waals surface area contributed by atoms with Gasteiger partial charge in [0.15, 0.2) is 5.78 Å². The van der Waals surface area contributed by atoms with Gasteiger partial charge in [-0.15, -0.1) is 0 Å². The first kappa shape index (κ1) is 18.0. The number of ether oxygens (including phenoxy) is 2. The van der Waals surface area contributed by atoms with Crippen LogP contribution >= 0.6 is 7.60 Å². The van der Waals surface area contributed by atoms with Gasteiger partial charge in [0.2, 0.25) is 0 Å². The number of methoxy groups -OCH3 is 1. The molecule has 118 valence electrons. The number of hydrogen-bond donors (Lipinski definition) is 0. The third-order valence-electron chi connectivity index (χ3n) is 2.92. The standard InChI is InChI=1S/C14H21O6P/c1-17-11-20-14(9-12-7-5-4-6-8-12)13(15)10-21(16,18-2)19-3/h4-8,14H,9-11H2,1-3H3/t14-/m0/s1. The first-order valence-corrected chi connectivity index (χ1v) is 8.15. The quantitative estimate of drug-likeness (QED) is 0.487. The van der Waals surface area contributed by atoms with Gasteiger partial charge in [-0.3, -0.25) is 9.36 Å². The lowest BCUT2D eigenvalue weighted by Gasteiger charge is -2.19. The maximum atomic E-state index is 12.3. The average molecular weight is 316 g/mol. The van der Waals surface area contributed by atoms with Crippen LogP contribution in [0, 0.1) is 0 Å². The third-order valence-corrected chi connectivity index (χ3v) is 4.73. The highest BCUT2D eigenvalue weighted by Gasteiger charge is 2.30. The Kier molecular flexibility index (Phi) is 7.78. The monoisotopic (exact) mass is 316 g/mol. The van der Waals surface area contributed by atoms with Crippen LogP contribution in [0.5, 0.6) is 0 Å². The molecule has 0 unspecified atom stereocenters. The minimum atomic E-state index is -3.40. The second kappa shape index (κ2) is 9.07. The zero-order valence-corrected chi connectivity index (χ0v) is 13.4. The smallest absolute Gasteiger partial charge is 0.337 e. The Morgan fingerprint density at radius 3 is 2.29 bits per heavy atom. The van der Waals surface area contributed by atoms with Crippen molar-refractivity contribution >= 4 is 13.4 Å². The van der Waals surface area contributed by atoms with E-state index in [0.29, 0.717) is 6.42 Å². The molecule has 0 aliphatic rings. The Hall–Kier alpha value is -1.04. The van der Waals surface area contributed by atoms with Crippen LogP contribution in [0.4, 0.5) is 0 Å². The number of Topliss-reactive ketones (excluding diaryl/α,β-unsaturated/α-hetero) is 1. The van der Waals surface area contributed by atoms with Gasteiger partial charge >= 0.3 is 7.60 Å². The van der Waals surface area contributed by atoms with Crippen LogP contribution < -0.4 is 0 Å². The van der Waals surface area contributed by atoms with E-state index in [4.69, 9.17) is 18.5 Å². The predicted octanol–water partition coefficient (Wildman–Crippen LogP) is 2.27. The molecule has 1 atom stereocenters. The zero-order valence-electron chi connectivity index (χ0n) is 12.5. The Balaban J connectivity index is 2.76. The summed E-state index contributed by atoms with van der Waals surface area (Å²) in [6, 6.07) is 9.43. The van der Waals surface area contributed by atoms with Crippen molar-refractivity contribution in [2.45, 2.75) is 12.5 Å². The fourth-order valence-corrected chi connectivity index (χ4v) is 2.73. The molecular formula is C14H21O6P. The fraction of sp³-hybridized carbons (Fsp3) is 0.500. The van der Waals surface area contributed by atoms with Crippen LogP contribution in [0.2, 0.25) is 0 Å². The van der Waals surface area contributed by atoms with Crippen LogP contribution in [0.3, 0.4) is 0 Å². The number of carbonyl (C=O) groups is 1. The van der Waals surface area contributed by atoms with E-state index in [1.54, 1.807) is 0 Å². The molecule has 0 spiro atoms. The Labute approximate surface area is 124 Å². The molecule has 0 aliphatic heterocycles. The molecule has 0 N–H and O–H groups in total. The summed E-state index contributed by atoms with van der Waals surface area (Å²) in [5, 5.41) is 0. The van der Waals surface area contributed by atoms with Gasteiger partial charge in [0.25, 0.3) is 0 Å². The van der Waals surface area contributed by atoms with Crippen LogP contribution in [0.1, 0.15) is 5.56 Å². The minimum Gasteiger partial charge on any atom is -0.359 e. The highest BCUT2D eigenvalue weighted by molar-refractivity contribution is 7.54. The highest BCUT2D eigenvalue weighted by Crippen LogP contribution is 2.46. The molecular weight excluding hydrogens is 295 g/mol. The molecule has 1 aromatic rings. The lowest BCUT2D eigenvalue weighted by atomic mass is 10.1. The van der Waals surface area contributed by atoms with E-state index in [1.165, 1.54) is 21.3 Å². The van der Waals surface area contributed by atoms with Crippen molar-refractivity contribution in [1.29, 1.82) is 0 Å². The van der Waals surface area contributed by atoms with E-state index in [-0.39, 0.29) is 18.7 Å². The summed E-state index contributed by atoms with van der Waals surface area (Å²) >= 11 is 0. The molecule has 0 heterocycles. The topological polar surface area (TPSA) is 71.1 Å². The predicted molar refractivity (Wildman–Crippen MR) is 78.4 cm³/mol. The summed E-state index contributed by atoms with van der Waals surface area (Å²) in [4.78, 5) is 12.3. The summed E-state index contributed by atoms with van der Waals surface area (Å²) in [5.41, 5.74) is 0.941. The number of hydrogen-bond acceptors (Lipinski definition) is 6. The van der Waals surface area contributed by atoms with Gasteiger partial charge in [0.1, 0.15) is 19.1 Å². The second-order valence-corrected chi connectivity index (χ2v) is 6.62. The summed E-state index contributed by atoms with van der Waals surface area (Å²) < 4.78 is 31.8. The summed E-state index contributed by atoms with van der Waals surface area (Å²) in [7, 11) is 0.573. The summed E-state index contributed by atoms with van der Waals surface area (Å²) in [6.07, 6.45) is -0.719. The minimum absolute atomic E-state index is 0.0203. The number of benzene rings is 1. The number of ketones is 1. The Morgan fingerprint density at radius 2 is 1.76 bits per heavy atom. The molecule has 0 aromatic heterocycles. The van der Waals surface area contributed by atoms with Crippen LogP contribution in [0.15, 0.2) is 30.3 Å². The molecule has 1 aromatic carbocycles.